The number of aromatic nitrogens is 1. The van der Waals surface area contributed by atoms with Crippen LogP contribution >= 0.6 is 23.1 Å². The van der Waals surface area contributed by atoms with E-state index in [1.54, 1.807) is 11.3 Å². The van der Waals surface area contributed by atoms with E-state index in [0.29, 0.717) is 5.92 Å². The molecule has 2 rings (SSSR count). The fourth-order valence-electron chi connectivity index (χ4n) is 1.60. The van der Waals surface area contributed by atoms with Crippen LogP contribution in [-0.2, 0) is 0 Å². The summed E-state index contributed by atoms with van der Waals surface area (Å²) in [5.74, 6) is 3.16. The first kappa shape index (κ1) is 10.5. The number of rotatable bonds is 4. The predicted octanol–water partition coefficient (Wildman–Crippen LogP) is 2.34. The molecule has 1 aliphatic rings. The molecule has 1 aromatic heterocycles. The number of hydrogen-bond donors (Lipinski definition) is 1. The quantitative estimate of drug-likeness (QED) is 0.856. The van der Waals surface area contributed by atoms with E-state index in [0.717, 1.165) is 12.6 Å². The fourth-order valence-corrected chi connectivity index (χ4v) is 3.49. The zero-order chi connectivity index (χ0) is 9.80. The maximum absolute atomic E-state index is 4.33. The van der Waals surface area contributed by atoms with Crippen LogP contribution in [0.1, 0.15) is 24.3 Å². The zero-order valence-corrected chi connectivity index (χ0v) is 10.0. The summed E-state index contributed by atoms with van der Waals surface area (Å²) in [6, 6.07) is 0.738. The van der Waals surface area contributed by atoms with Crippen molar-refractivity contribution in [2.75, 3.05) is 18.1 Å². The Balaban J connectivity index is 1.74. The molecule has 1 N–H and O–H groups in total. The van der Waals surface area contributed by atoms with Crippen molar-refractivity contribution in [3.05, 3.63) is 16.6 Å². The summed E-state index contributed by atoms with van der Waals surface area (Å²) in [6.45, 7) is 3.31. The topological polar surface area (TPSA) is 24.9 Å². The summed E-state index contributed by atoms with van der Waals surface area (Å²) in [5, 5.41) is 6.92. The second-order valence-electron chi connectivity index (χ2n) is 3.74. The highest BCUT2D eigenvalue weighted by atomic mass is 32.2. The minimum absolute atomic E-state index is 0.556. The lowest BCUT2D eigenvalue weighted by Gasteiger charge is -2.14. The second kappa shape index (κ2) is 5.14. The smallest absolute Gasteiger partial charge is 0.0965 e. The monoisotopic (exact) mass is 228 g/mol. The summed E-state index contributed by atoms with van der Waals surface area (Å²) in [7, 11) is 0. The molecule has 1 aromatic rings. The highest BCUT2D eigenvalue weighted by Crippen LogP contribution is 2.20. The van der Waals surface area contributed by atoms with Gasteiger partial charge >= 0.3 is 0 Å². The molecule has 0 amide bonds. The summed E-state index contributed by atoms with van der Waals surface area (Å²) in [6.07, 6.45) is 3.22. The third kappa shape index (κ3) is 2.72. The average Bonchev–Trinajstić information content (AvgIpc) is 2.87. The van der Waals surface area contributed by atoms with Gasteiger partial charge in [0.15, 0.2) is 0 Å². The Bertz CT molecular complexity index is 255. The molecule has 78 valence electrons. The lowest BCUT2D eigenvalue weighted by molar-refractivity contribution is 0.525. The van der Waals surface area contributed by atoms with Gasteiger partial charge in [0.25, 0.3) is 0 Å². The molecule has 2 unspecified atom stereocenters. The van der Waals surface area contributed by atoms with Crippen LogP contribution in [0.25, 0.3) is 0 Å². The molecule has 4 heteroatoms. The SMILES string of the molecule is CC(CNC1CCSC1)c1nccs1. The first-order chi connectivity index (χ1) is 6.86. The molecule has 0 aromatic carbocycles. The van der Waals surface area contributed by atoms with Crippen molar-refractivity contribution in [3.8, 4) is 0 Å². The first-order valence-corrected chi connectivity index (χ1v) is 7.10. The van der Waals surface area contributed by atoms with Crippen LogP contribution in [0.2, 0.25) is 0 Å². The molecule has 0 saturated carbocycles. The molecule has 0 spiro atoms. The minimum atomic E-state index is 0.556. The molecule has 0 bridgehead atoms. The fraction of sp³-hybridized carbons (Fsp3) is 0.700. The van der Waals surface area contributed by atoms with Crippen molar-refractivity contribution < 1.29 is 0 Å². The number of hydrogen-bond acceptors (Lipinski definition) is 4. The van der Waals surface area contributed by atoms with Crippen molar-refractivity contribution in [3.63, 3.8) is 0 Å². The van der Waals surface area contributed by atoms with Crippen molar-refractivity contribution in [1.82, 2.24) is 10.3 Å². The Hall–Kier alpha value is -0.0600. The molecule has 2 nitrogen and oxygen atoms in total. The summed E-state index contributed by atoms with van der Waals surface area (Å²) in [5.41, 5.74) is 0. The summed E-state index contributed by atoms with van der Waals surface area (Å²) in [4.78, 5) is 4.33. The summed E-state index contributed by atoms with van der Waals surface area (Å²) < 4.78 is 0. The van der Waals surface area contributed by atoms with Gasteiger partial charge in [0.05, 0.1) is 5.01 Å². The number of thioether (sulfide) groups is 1. The second-order valence-corrected chi connectivity index (χ2v) is 5.82. The maximum Gasteiger partial charge on any atom is 0.0965 e. The van der Waals surface area contributed by atoms with Crippen molar-refractivity contribution in [1.29, 1.82) is 0 Å². The van der Waals surface area contributed by atoms with E-state index in [1.807, 2.05) is 6.20 Å². The summed E-state index contributed by atoms with van der Waals surface area (Å²) >= 11 is 3.81. The van der Waals surface area contributed by atoms with Crippen LogP contribution in [0.4, 0.5) is 0 Å². The molecule has 0 radical (unpaired) electrons. The lowest BCUT2D eigenvalue weighted by Crippen LogP contribution is -2.31. The number of nitrogens with zero attached hydrogens (tertiary/aromatic N) is 1. The van der Waals surface area contributed by atoms with Gasteiger partial charge in [0.2, 0.25) is 0 Å². The zero-order valence-electron chi connectivity index (χ0n) is 8.40. The van der Waals surface area contributed by atoms with Gasteiger partial charge in [0, 0.05) is 35.8 Å². The van der Waals surface area contributed by atoms with E-state index in [4.69, 9.17) is 0 Å². The Kier molecular flexibility index (Phi) is 3.84. The van der Waals surface area contributed by atoms with Crippen LogP contribution in [-0.4, -0.2) is 29.1 Å². The van der Waals surface area contributed by atoms with Crippen LogP contribution < -0.4 is 5.32 Å². The first-order valence-electron chi connectivity index (χ1n) is 5.07. The Morgan fingerprint density at radius 1 is 1.71 bits per heavy atom. The molecule has 2 heterocycles. The molecule has 1 saturated heterocycles. The molecular weight excluding hydrogens is 212 g/mol. The normalized spacial score (nSPS) is 23.9. The molecule has 2 atom stereocenters. The number of nitrogens with one attached hydrogen (secondary N) is 1. The molecule has 0 aliphatic carbocycles. The van der Waals surface area contributed by atoms with Gasteiger partial charge in [-0.05, 0) is 12.2 Å². The van der Waals surface area contributed by atoms with Gasteiger partial charge in [-0.3, -0.25) is 0 Å². The van der Waals surface area contributed by atoms with E-state index in [9.17, 15) is 0 Å². The Morgan fingerprint density at radius 2 is 2.64 bits per heavy atom. The van der Waals surface area contributed by atoms with Crippen LogP contribution in [0.5, 0.6) is 0 Å². The van der Waals surface area contributed by atoms with Gasteiger partial charge in [-0.2, -0.15) is 11.8 Å². The van der Waals surface area contributed by atoms with Crippen molar-refractivity contribution in [2.24, 2.45) is 0 Å². The molecule has 14 heavy (non-hydrogen) atoms. The third-order valence-corrected chi connectivity index (χ3v) is 4.68. The largest absolute Gasteiger partial charge is 0.312 e. The van der Waals surface area contributed by atoms with Crippen molar-refractivity contribution >= 4 is 23.1 Å². The van der Waals surface area contributed by atoms with Gasteiger partial charge < -0.3 is 5.32 Å². The molecular formula is C10H16N2S2. The van der Waals surface area contributed by atoms with Crippen LogP contribution in [0.3, 0.4) is 0 Å². The van der Waals surface area contributed by atoms with Crippen molar-refractivity contribution in [2.45, 2.75) is 25.3 Å². The number of thiazole rings is 1. The standard InChI is InChI=1S/C10H16N2S2/c1-8(10-11-3-5-14-10)6-12-9-2-4-13-7-9/h3,5,8-9,12H,2,4,6-7H2,1H3. The third-order valence-electron chi connectivity index (χ3n) is 2.52. The van der Waals surface area contributed by atoms with Gasteiger partial charge in [-0.15, -0.1) is 11.3 Å². The maximum atomic E-state index is 4.33. The highest BCUT2D eigenvalue weighted by molar-refractivity contribution is 7.99. The van der Waals surface area contributed by atoms with E-state index in [1.165, 1.54) is 22.9 Å². The Labute approximate surface area is 93.5 Å². The Morgan fingerprint density at radius 3 is 3.29 bits per heavy atom. The van der Waals surface area contributed by atoms with Gasteiger partial charge in [-0.1, -0.05) is 6.92 Å². The lowest BCUT2D eigenvalue weighted by atomic mass is 10.1. The van der Waals surface area contributed by atoms with E-state index >= 15 is 0 Å². The molecule has 1 aliphatic heterocycles. The predicted molar refractivity (Wildman–Crippen MR) is 64.3 cm³/mol. The molecule has 1 fully saturated rings. The van der Waals surface area contributed by atoms with E-state index < -0.39 is 0 Å². The highest BCUT2D eigenvalue weighted by Gasteiger charge is 2.16. The van der Waals surface area contributed by atoms with E-state index in [-0.39, 0.29) is 0 Å². The van der Waals surface area contributed by atoms with Gasteiger partial charge in [-0.25, -0.2) is 4.98 Å². The average molecular weight is 228 g/mol. The van der Waals surface area contributed by atoms with Crippen LogP contribution in [0.15, 0.2) is 11.6 Å². The van der Waals surface area contributed by atoms with Crippen LogP contribution in [0, 0.1) is 0 Å². The van der Waals surface area contributed by atoms with E-state index in [2.05, 4.69) is 34.4 Å². The minimum Gasteiger partial charge on any atom is -0.312 e. The van der Waals surface area contributed by atoms with Gasteiger partial charge in [0.1, 0.15) is 0 Å².